The van der Waals surface area contributed by atoms with Crippen LogP contribution in [0.15, 0.2) is 23.1 Å². The Balaban J connectivity index is 0.00000324. The molecule has 0 aromatic heterocycles. The Morgan fingerprint density at radius 1 is 1.11 bits per heavy atom. The van der Waals surface area contributed by atoms with Crippen molar-refractivity contribution >= 4 is 73.4 Å². The number of carbonyl (C=O) groups is 2. The molecule has 1 N–H and O–H groups in total. The first-order valence-corrected chi connectivity index (χ1v) is 6.12. The average molecular weight is 314 g/mol. The number of benzene rings is 1. The molecule has 0 heterocycles. The molecule has 0 unspecified atom stereocenters. The Labute approximate surface area is 152 Å². The summed E-state index contributed by atoms with van der Waals surface area (Å²) in [4.78, 5) is 20.8. The van der Waals surface area contributed by atoms with Gasteiger partial charge in [-0.05, 0) is 12.1 Å². The van der Waals surface area contributed by atoms with Crippen LogP contribution in [-0.4, -0.2) is 76.3 Å². The SMILES string of the molecule is CC(=O)Oc1ccc(OC(C)=O)c(S(=O)(=O)O)c1.[KH]. The molecule has 9 heteroatoms. The van der Waals surface area contributed by atoms with Gasteiger partial charge in [0, 0.05) is 19.9 Å². The van der Waals surface area contributed by atoms with Crippen LogP contribution in [0.4, 0.5) is 0 Å². The van der Waals surface area contributed by atoms with Crippen molar-refractivity contribution in [2.45, 2.75) is 18.7 Å². The average Bonchev–Trinajstić information content (AvgIpc) is 2.17. The molecule has 100 valence electrons. The molecule has 0 spiro atoms. The molecule has 0 bridgehead atoms. The minimum atomic E-state index is -4.61. The zero-order valence-corrected chi connectivity index (χ0v) is 10.4. The van der Waals surface area contributed by atoms with Gasteiger partial charge in [0.05, 0.1) is 0 Å². The zero-order chi connectivity index (χ0) is 13.9. The number of hydrogen-bond donors (Lipinski definition) is 1. The molecule has 0 radical (unpaired) electrons. The van der Waals surface area contributed by atoms with E-state index in [1.165, 1.54) is 6.07 Å². The van der Waals surface area contributed by atoms with Gasteiger partial charge >= 0.3 is 63.3 Å². The van der Waals surface area contributed by atoms with E-state index in [0.717, 1.165) is 26.0 Å². The molecule has 0 aliphatic heterocycles. The molecule has 1 aromatic carbocycles. The Morgan fingerprint density at radius 2 is 1.63 bits per heavy atom. The Hall–Kier alpha value is -0.294. The molecule has 0 fully saturated rings. The van der Waals surface area contributed by atoms with Gasteiger partial charge in [-0.1, -0.05) is 0 Å². The second-order valence-corrected chi connectivity index (χ2v) is 4.66. The summed E-state index contributed by atoms with van der Waals surface area (Å²) in [6, 6.07) is 3.21. The fourth-order valence-electron chi connectivity index (χ4n) is 1.16. The van der Waals surface area contributed by atoms with Gasteiger partial charge in [-0.3, -0.25) is 14.1 Å². The molecule has 0 atom stereocenters. The van der Waals surface area contributed by atoms with Crippen molar-refractivity contribution in [1.29, 1.82) is 0 Å². The fraction of sp³-hybridized carbons (Fsp3) is 0.200. The number of ether oxygens (including phenoxy) is 2. The van der Waals surface area contributed by atoms with Crippen LogP contribution in [0.5, 0.6) is 11.5 Å². The van der Waals surface area contributed by atoms with E-state index in [9.17, 15) is 18.0 Å². The third-order valence-corrected chi connectivity index (χ3v) is 2.58. The van der Waals surface area contributed by atoms with E-state index in [1.807, 2.05) is 0 Å². The predicted octanol–water partition coefficient (Wildman–Crippen LogP) is 0.135. The standard InChI is InChI=1S/C10H10O7S.K.H/c1-6(11)16-8-3-4-9(17-7(2)12)10(5-8)18(13,14)15;;/h3-5H,1-2H3,(H,13,14,15);;. The molecule has 0 aliphatic carbocycles. The molecule has 0 amide bonds. The minimum absolute atomic E-state index is 0. The van der Waals surface area contributed by atoms with Crippen LogP contribution in [0.1, 0.15) is 13.8 Å². The van der Waals surface area contributed by atoms with Crippen LogP contribution >= 0.6 is 0 Å². The van der Waals surface area contributed by atoms with E-state index >= 15 is 0 Å². The van der Waals surface area contributed by atoms with Crippen molar-refractivity contribution in [3.8, 4) is 11.5 Å². The number of carbonyl (C=O) groups excluding carboxylic acids is 2. The third-order valence-electron chi connectivity index (χ3n) is 1.71. The maximum atomic E-state index is 11.1. The van der Waals surface area contributed by atoms with Crippen molar-refractivity contribution in [2.24, 2.45) is 0 Å². The molecular formula is C10H11KO7S. The summed E-state index contributed by atoms with van der Waals surface area (Å²) in [6.07, 6.45) is 0. The first kappa shape index (κ1) is 18.7. The van der Waals surface area contributed by atoms with Gasteiger partial charge in [0.2, 0.25) is 0 Å². The van der Waals surface area contributed by atoms with Crippen LogP contribution < -0.4 is 9.47 Å². The van der Waals surface area contributed by atoms with Crippen LogP contribution in [0.25, 0.3) is 0 Å². The Morgan fingerprint density at radius 3 is 2.05 bits per heavy atom. The summed E-state index contributed by atoms with van der Waals surface area (Å²) < 4.78 is 40.4. The van der Waals surface area contributed by atoms with Crippen molar-refractivity contribution in [2.75, 3.05) is 0 Å². The van der Waals surface area contributed by atoms with Crippen molar-refractivity contribution in [1.82, 2.24) is 0 Å². The third kappa shape index (κ3) is 6.12. The molecule has 1 rings (SSSR count). The fourth-order valence-corrected chi connectivity index (χ4v) is 1.79. The number of hydrogen-bond acceptors (Lipinski definition) is 6. The Kier molecular flexibility index (Phi) is 7.36. The van der Waals surface area contributed by atoms with Crippen LogP contribution in [-0.2, 0) is 19.7 Å². The Bertz CT molecular complexity index is 594. The molecule has 1 aromatic rings. The molecule has 0 aliphatic rings. The summed E-state index contributed by atoms with van der Waals surface area (Å²) >= 11 is 0. The van der Waals surface area contributed by atoms with E-state index < -0.39 is 27.0 Å². The summed E-state index contributed by atoms with van der Waals surface area (Å²) in [5.41, 5.74) is 0. The van der Waals surface area contributed by atoms with Crippen LogP contribution in [0.3, 0.4) is 0 Å². The van der Waals surface area contributed by atoms with Gasteiger partial charge in [-0.2, -0.15) is 8.42 Å². The summed E-state index contributed by atoms with van der Waals surface area (Å²) in [5.74, 6) is -1.84. The quantitative estimate of drug-likeness (QED) is 0.366. The van der Waals surface area contributed by atoms with Gasteiger partial charge in [0.1, 0.15) is 10.6 Å². The summed E-state index contributed by atoms with van der Waals surface area (Å²) in [6.45, 7) is 2.21. The summed E-state index contributed by atoms with van der Waals surface area (Å²) in [7, 11) is -4.61. The first-order chi connectivity index (χ1) is 8.20. The normalized spacial score (nSPS) is 10.3. The number of esters is 2. The topological polar surface area (TPSA) is 107 Å². The zero-order valence-electron chi connectivity index (χ0n) is 9.54. The van der Waals surface area contributed by atoms with E-state index in [0.29, 0.717) is 0 Å². The predicted molar refractivity (Wildman–Crippen MR) is 66.0 cm³/mol. The van der Waals surface area contributed by atoms with Gasteiger partial charge in [-0.15, -0.1) is 0 Å². The van der Waals surface area contributed by atoms with E-state index in [-0.39, 0.29) is 62.9 Å². The first-order valence-electron chi connectivity index (χ1n) is 4.68. The second-order valence-electron chi connectivity index (χ2n) is 3.27. The van der Waals surface area contributed by atoms with Crippen molar-refractivity contribution < 1.29 is 32.0 Å². The van der Waals surface area contributed by atoms with E-state index in [2.05, 4.69) is 9.47 Å². The maximum absolute atomic E-state index is 11.1. The molecule has 0 saturated carbocycles. The molecule has 7 nitrogen and oxygen atoms in total. The van der Waals surface area contributed by atoms with Gasteiger partial charge in [-0.25, -0.2) is 0 Å². The van der Waals surface area contributed by atoms with Crippen LogP contribution in [0, 0.1) is 0 Å². The second kappa shape index (κ2) is 7.48. The molecule has 19 heavy (non-hydrogen) atoms. The van der Waals surface area contributed by atoms with Gasteiger partial charge < -0.3 is 9.47 Å². The van der Waals surface area contributed by atoms with Gasteiger partial charge in [0.15, 0.2) is 5.75 Å². The molecular weight excluding hydrogens is 303 g/mol. The molecule has 0 saturated heterocycles. The van der Waals surface area contributed by atoms with Crippen molar-refractivity contribution in [3.63, 3.8) is 0 Å². The monoisotopic (exact) mass is 314 g/mol. The van der Waals surface area contributed by atoms with E-state index in [4.69, 9.17) is 4.55 Å². The van der Waals surface area contributed by atoms with Crippen LogP contribution in [0.2, 0.25) is 0 Å². The number of rotatable bonds is 3. The van der Waals surface area contributed by atoms with Crippen molar-refractivity contribution in [3.05, 3.63) is 18.2 Å². The van der Waals surface area contributed by atoms with E-state index in [1.54, 1.807) is 0 Å². The summed E-state index contributed by atoms with van der Waals surface area (Å²) in [5, 5.41) is 0. The van der Waals surface area contributed by atoms with Gasteiger partial charge in [0.25, 0.3) is 10.1 Å².